The first-order valence-corrected chi connectivity index (χ1v) is 9.85. The fraction of sp³-hybridized carbons (Fsp3) is 0.273. The third-order valence-corrected chi connectivity index (χ3v) is 5.06. The molecule has 0 radical (unpaired) electrons. The second-order valence-electron chi connectivity index (χ2n) is 7.29. The highest BCUT2D eigenvalue weighted by Gasteiger charge is 2.23. The van der Waals surface area contributed by atoms with Crippen molar-refractivity contribution in [1.82, 2.24) is 19.6 Å². The van der Waals surface area contributed by atoms with Crippen LogP contribution in [-0.2, 0) is 13.3 Å². The van der Waals surface area contributed by atoms with Crippen molar-refractivity contribution in [3.05, 3.63) is 83.4 Å². The number of benzene rings is 2. The first kappa shape index (κ1) is 20.9. The Kier molecular flexibility index (Phi) is 6.22. The molecule has 0 saturated carbocycles. The van der Waals surface area contributed by atoms with E-state index in [-0.39, 0.29) is 29.9 Å². The Labute approximate surface area is 177 Å². The predicted octanol–water partition coefficient (Wildman–Crippen LogP) is 3.29. The molecule has 1 aliphatic rings. The van der Waals surface area contributed by atoms with Crippen molar-refractivity contribution in [2.75, 3.05) is 26.2 Å². The molecule has 1 amide bonds. The summed E-state index contributed by atoms with van der Waals surface area (Å²) in [5, 5.41) is 4.19. The van der Waals surface area contributed by atoms with Crippen LogP contribution in [-0.4, -0.2) is 51.7 Å². The Bertz CT molecular complexity index is 1060. The molecule has 31 heavy (non-hydrogen) atoms. The van der Waals surface area contributed by atoms with Gasteiger partial charge >= 0.3 is 0 Å². The maximum absolute atomic E-state index is 13.6. The van der Waals surface area contributed by atoms with Crippen LogP contribution in [0.25, 0.3) is 0 Å². The molecule has 0 N–H and O–H groups in total. The summed E-state index contributed by atoms with van der Waals surface area (Å²) in [4.78, 5) is 16.6. The van der Waals surface area contributed by atoms with Crippen molar-refractivity contribution in [2.24, 2.45) is 0 Å². The van der Waals surface area contributed by atoms with Crippen molar-refractivity contribution in [2.45, 2.75) is 13.3 Å². The van der Waals surface area contributed by atoms with Gasteiger partial charge in [-0.2, -0.15) is 5.10 Å². The van der Waals surface area contributed by atoms with Gasteiger partial charge in [-0.25, -0.2) is 17.9 Å². The number of piperazine rings is 1. The van der Waals surface area contributed by atoms with Crippen molar-refractivity contribution in [3.8, 4) is 5.75 Å². The topological polar surface area (TPSA) is 50.6 Å². The lowest BCUT2D eigenvalue weighted by Gasteiger charge is -2.34. The van der Waals surface area contributed by atoms with E-state index in [2.05, 4.69) is 10.00 Å². The number of carbonyl (C=O) groups is 1. The highest BCUT2D eigenvalue weighted by Crippen LogP contribution is 2.18. The summed E-state index contributed by atoms with van der Waals surface area (Å²) in [6, 6.07) is 11.1. The molecular formula is C22H21F3N4O2. The van der Waals surface area contributed by atoms with Gasteiger partial charge in [-0.05, 0) is 35.9 Å². The second kappa shape index (κ2) is 9.22. The minimum absolute atomic E-state index is 0.0980. The smallest absolute Gasteiger partial charge is 0.274 e. The Morgan fingerprint density at radius 2 is 1.74 bits per heavy atom. The van der Waals surface area contributed by atoms with E-state index in [0.29, 0.717) is 32.7 Å². The van der Waals surface area contributed by atoms with Crippen molar-refractivity contribution in [1.29, 1.82) is 0 Å². The zero-order valence-electron chi connectivity index (χ0n) is 16.7. The summed E-state index contributed by atoms with van der Waals surface area (Å²) in [7, 11) is 0. The van der Waals surface area contributed by atoms with Gasteiger partial charge in [0.1, 0.15) is 11.6 Å². The van der Waals surface area contributed by atoms with Gasteiger partial charge in [0.15, 0.2) is 24.0 Å². The molecule has 1 fully saturated rings. The largest absolute Gasteiger partial charge is 0.468 e. The van der Waals surface area contributed by atoms with E-state index in [9.17, 15) is 18.0 Å². The van der Waals surface area contributed by atoms with E-state index in [1.165, 1.54) is 22.9 Å². The first-order valence-electron chi connectivity index (χ1n) is 9.85. The number of halogens is 3. The molecule has 0 atom stereocenters. The maximum atomic E-state index is 13.6. The normalized spacial score (nSPS) is 14.6. The number of ether oxygens (including phenoxy) is 1. The zero-order valence-corrected chi connectivity index (χ0v) is 16.7. The summed E-state index contributed by atoms with van der Waals surface area (Å²) in [5.41, 5.74) is 1.16. The van der Waals surface area contributed by atoms with Crippen LogP contribution in [0.1, 0.15) is 16.1 Å². The number of carbonyl (C=O) groups excluding carboxylic acids is 1. The molecular weight excluding hydrogens is 409 g/mol. The van der Waals surface area contributed by atoms with Crippen LogP contribution >= 0.6 is 0 Å². The second-order valence-corrected chi connectivity index (χ2v) is 7.29. The minimum atomic E-state index is -0.806. The van der Waals surface area contributed by atoms with Crippen LogP contribution in [0.15, 0.2) is 54.7 Å². The van der Waals surface area contributed by atoms with E-state index in [4.69, 9.17) is 4.74 Å². The number of aromatic nitrogens is 2. The van der Waals surface area contributed by atoms with Crippen LogP contribution in [0.5, 0.6) is 5.75 Å². The van der Waals surface area contributed by atoms with Gasteiger partial charge in [-0.15, -0.1) is 0 Å². The molecule has 0 unspecified atom stereocenters. The van der Waals surface area contributed by atoms with Crippen LogP contribution in [0.3, 0.4) is 0 Å². The highest BCUT2D eigenvalue weighted by molar-refractivity contribution is 5.92. The average molecular weight is 430 g/mol. The van der Waals surface area contributed by atoms with E-state index < -0.39 is 11.6 Å². The van der Waals surface area contributed by atoms with Crippen molar-refractivity contribution < 1.29 is 22.7 Å². The highest BCUT2D eigenvalue weighted by atomic mass is 19.1. The molecule has 2 heterocycles. The molecule has 162 valence electrons. The van der Waals surface area contributed by atoms with E-state index in [0.717, 1.165) is 17.7 Å². The fourth-order valence-electron chi connectivity index (χ4n) is 3.44. The van der Waals surface area contributed by atoms with Gasteiger partial charge in [0.2, 0.25) is 0 Å². The van der Waals surface area contributed by atoms with Gasteiger partial charge in [-0.1, -0.05) is 12.1 Å². The lowest BCUT2D eigenvalue weighted by Crippen LogP contribution is -2.48. The standard InChI is InChI=1S/C22H21F3N4O2/c23-17-3-1-2-16(12-17)14-27-8-10-28(11-9-27)22(30)20-6-7-29(26-20)15-31-21-5-4-18(24)13-19(21)25/h1-7,12-13H,8-11,14-15H2. The molecule has 6 nitrogen and oxygen atoms in total. The van der Waals surface area contributed by atoms with Crippen LogP contribution in [0.2, 0.25) is 0 Å². The van der Waals surface area contributed by atoms with Crippen molar-refractivity contribution >= 4 is 5.91 Å². The summed E-state index contributed by atoms with van der Waals surface area (Å²) < 4.78 is 46.6. The molecule has 1 aliphatic heterocycles. The molecule has 0 bridgehead atoms. The molecule has 1 aromatic heterocycles. The Hall–Kier alpha value is -3.33. The number of nitrogens with zero attached hydrogens (tertiary/aromatic N) is 4. The number of hydrogen-bond acceptors (Lipinski definition) is 4. The number of rotatable bonds is 6. The quantitative estimate of drug-likeness (QED) is 0.602. The molecule has 4 rings (SSSR count). The summed E-state index contributed by atoms with van der Waals surface area (Å²) in [6.07, 6.45) is 1.56. The van der Waals surface area contributed by atoms with E-state index in [1.54, 1.807) is 23.2 Å². The monoisotopic (exact) mass is 430 g/mol. The lowest BCUT2D eigenvalue weighted by atomic mass is 10.2. The van der Waals surface area contributed by atoms with Crippen LogP contribution in [0.4, 0.5) is 13.2 Å². The van der Waals surface area contributed by atoms with Gasteiger partial charge in [0.25, 0.3) is 5.91 Å². The molecule has 2 aromatic carbocycles. The zero-order chi connectivity index (χ0) is 21.8. The molecule has 1 saturated heterocycles. The molecule has 0 aliphatic carbocycles. The van der Waals surface area contributed by atoms with Gasteiger partial charge in [0.05, 0.1) is 0 Å². The van der Waals surface area contributed by atoms with Crippen molar-refractivity contribution in [3.63, 3.8) is 0 Å². The Morgan fingerprint density at radius 3 is 2.48 bits per heavy atom. The van der Waals surface area contributed by atoms with E-state index >= 15 is 0 Å². The van der Waals surface area contributed by atoms with Gasteiger partial charge in [0, 0.05) is 45.0 Å². The molecule has 3 aromatic rings. The summed E-state index contributed by atoms with van der Waals surface area (Å²) in [6.45, 7) is 2.95. The Balaban J connectivity index is 1.29. The third-order valence-electron chi connectivity index (χ3n) is 5.06. The van der Waals surface area contributed by atoms with Gasteiger partial charge in [-0.3, -0.25) is 9.69 Å². The van der Waals surface area contributed by atoms with E-state index in [1.807, 2.05) is 6.07 Å². The van der Waals surface area contributed by atoms with Crippen LogP contribution in [0, 0.1) is 17.5 Å². The minimum Gasteiger partial charge on any atom is -0.468 e. The summed E-state index contributed by atoms with van der Waals surface area (Å²) in [5.74, 6) is -2.04. The fourth-order valence-corrected chi connectivity index (χ4v) is 3.44. The SMILES string of the molecule is O=C(c1ccn(COc2ccc(F)cc2F)n1)N1CCN(Cc2cccc(F)c2)CC1. The van der Waals surface area contributed by atoms with Crippen LogP contribution < -0.4 is 4.74 Å². The third kappa shape index (κ3) is 5.24. The Morgan fingerprint density at radius 1 is 0.968 bits per heavy atom. The first-order chi connectivity index (χ1) is 15.0. The number of amides is 1. The number of hydrogen-bond donors (Lipinski definition) is 0. The average Bonchev–Trinajstić information content (AvgIpc) is 3.22. The van der Waals surface area contributed by atoms with Gasteiger partial charge < -0.3 is 9.64 Å². The maximum Gasteiger partial charge on any atom is 0.274 e. The predicted molar refractivity (Wildman–Crippen MR) is 107 cm³/mol. The lowest BCUT2D eigenvalue weighted by molar-refractivity contribution is 0.0620. The molecule has 9 heteroatoms. The summed E-state index contributed by atoms with van der Waals surface area (Å²) >= 11 is 0. The molecule has 0 spiro atoms.